The van der Waals surface area contributed by atoms with E-state index < -0.39 is 42.6 Å². The normalized spacial score (nSPS) is 21.2. The first kappa shape index (κ1) is 40.5. The van der Waals surface area contributed by atoms with Crippen LogP contribution in [0.25, 0.3) is 0 Å². The number of nitro benzene ring substituents is 1. The average Bonchev–Trinajstić information content (AvgIpc) is 3.88. The Kier molecular flexibility index (Phi) is 11.3. The number of rotatable bonds is 14. The molecule has 6 atom stereocenters. The van der Waals surface area contributed by atoms with Crippen LogP contribution < -0.4 is 20.1 Å². The van der Waals surface area contributed by atoms with Gasteiger partial charge >= 0.3 is 0 Å². The zero-order chi connectivity index (χ0) is 41.4. The van der Waals surface area contributed by atoms with Crippen molar-refractivity contribution in [2.45, 2.75) is 75.7 Å². The first-order valence-electron chi connectivity index (χ1n) is 19.4. The van der Waals surface area contributed by atoms with Gasteiger partial charge in [-0.25, -0.2) is 0 Å². The molecule has 0 aliphatic carbocycles. The number of nitrogens with zero attached hydrogens (tertiary/aromatic N) is 5. The van der Waals surface area contributed by atoms with Crippen LogP contribution in [0.5, 0.6) is 5.75 Å². The van der Waals surface area contributed by atoms with Crippen LogP contribution in [0.15, 0.2) is 103 Å². The Morgan fingerprint density at radius 3 is 2.41 bits per heavy atom. The zero-order valence-corrected chi connectivity index (χ0v) is 34.1. The molecule has 1 unspecified atom stereocenters. The zero-order valence-electron chi connectivity index (χ0n) is 33.1. The third-order valence-corrected chi connectivity index (χ3v) is 16.3. The van der Waals surface area contributed by atoms with Crippen LogP contribution in [0.1, 0.15) is 48.6 Å². The topological polar surface area (TPSA) is 182 Å². The number of carbonyl (C=O) groups is 2. The molecule has 0 bridgehead atoms. The van der Waals surface area contributed by atoms with Crippen molar-refractivity contribution >= 4 is 42.1 Å². The van der Waals surface area contributed by atoms with Crippen molar-refractivity contribution in [2.24, 2.45) is 5.92 Å². The molecule has 2 aliphatic rings. The number of fused-ring (bicyclic) bond motifs is 2. The van der Waals surface area contributed by atoms with E-state index in [1.165, 1.54) is 19.1 Å². The molecule has 3 heterocycles. The summed E-state index contributed by atoms with van der Waals surface area (Å²) in [6, 6.07) is 29.2. The van der Waals surface area contributed by atoms with Gasteiger partial charge in [0.25, 0.3) is 17.5 Å². The number of aromatic nitrogens is 3. The van der Waals surface area contributed by atoms with Gasteiger partial charge in [-0.05, 0) is 60.3 Å². The maximum Gasteiger partial charge on any atom is 0.269 e. The second-order valence-electron chi connectivity index (χ2n) is 15.7. The number of hydrogen-bond acceptors (Lipinski definition) is 10. The van der Waals surface area contributed by atoms with Crippen molar-refractivity contribution in [1.29, 1.82) is 0 Å². The van der Waals surface area contributed by atoms with Crippen molar-refractivity contribution in [2.75, 3.05) is 23.9 Å². The first-order chi connectivity index (χ1) is 27.8. The van der Waals surface area contributed by atoms with Crippen molar-refractivity contribution in [3.05, 3.63) is 136 Å². The standard InChI is InChI=1S/C43H48N6O8Si/c1-27-40(58(4,5)34-18-16-33(56-3)17-19-34)39(21-22-47-25-37(45-46-47)35(26-50)30-9-7-6-8-10-30)57-43(27)36-23-32(49(54)55)15-20-38(36)48(42(43)53)24-29-11-13-31(14-12-29)44-41(52)28(2)51/h6-20,23,25,27-28,35,39-40,50-51H,21-22,24,26H2,1-5H3,(H,44,52)/t27-,28+,35?,39+,40-,43+/m1/s1. The largest absolute Gasteiger partial charge is 0.497 e. The third-order valence-electron chi connectivity index (χ3n) is 11.9. The molecule has 0 saturated carbocycles. The van der Waals surface area contributed by atoms with Gasteiger partial charge < -0.3 is 29.9 Å². The summed E-state index contributed by atoms with van der Waals surface area (Å²) >= 11 is 0. The third kappa shape index (κ3) is 7.41. The Morgan fingerprint density at radius 1 is 1.07 bits per heavy atom. The van der Waals surface area contributed by atoms with E-state index in [1.807, 2.05) is 55.6 Å². The second kappa shape index (κ2) is 16.3. The van der Waals surface area contributed by atoms with Crippen molar-refractivity contribution in [3.8, 4) is 5.75 Å². The van der Waals surface area contributed by atoms with E-state index in [4.69, 9.17) is 9.47 Å². The summed E-state index contributed by atoms with van der Waals surface area (Å²) < 4.78 is 14.4. The molecule has 302 valence electrons. The van der Waals surface area contributed by atoms with E-state index in [0.29, 0.717) is 35.6 Å². The number of amides is 2. The molecule has 58 heavy (non-hydrogen) atoms. The number of methoxy groups -OCH3 is 1. The van der Waals surface area contributed by atoms with Gasteiger partial charge in [0.1, 0.15) is 11.9 Å². The fourth-order valence-corrected chi connectivity index (χ4v) is 12.9. The Bertz CT molecular complexity index is 2280. The molecular weight excluding hydrogens is 757 g/mol. The van der Waals surface area contributed by atoms with E-state index in [9.17, 15) is 25.1 Å². The Hall–Kier alpha value is -5.74. The lowest BCUT2D eigenvalue weighted by Gasteiger charge is -2.37. The maximum absolute atomic E-state index is 15.2. The summed E-state index contributed by atoms with van der Waals surface area (Å²) in [6.07, 6.45) is 0.676. The fraction of sp³-hybridized carbons (Fsp3) is 0.349. The average molecular weight is 805 g/mol. The number of aliphatic hydroxyl groups is 2. The molecule has 1 aromatic heterocycles. The molecule has 14 nitrogen and oxygen atoms in total. The number of nitro groups is 1. The molecular formula is C43H48N6O8Si. The molecule has 7 rings (SSSR count). The van der Waals surface area contributed by atoms with Gasteiger partial charge in [0.05, 0.1) is 56.7 Å². The summed E-state index contributed by atoms with van der Waals surface area (Å²) in [4.78, 5) is 40.7. The number of carbonyl (C=O) groups excluding carboxylic acids is 2. The van der Waals surface area contributed by atoms with Gasteiger partial charge in [-0.15, -0.1) is 5.10 Å². The second-order valence-corrected chi connectivity index (χ2v) is 20.4. The smallest absolute Gasteiger partial charge is 0.269 e. The van der Waals surface area contributed by atoms with E-state index >= 15 is 4.79 Å². The lowest BCUT2D eigenvalue weighted by molar-refractivity contribution is -0.385. The highest BCUT2D eigenvalue weighted by Gasteiger charge is 2.66. The van der Waals surface area contributed by atoms with Gasteiger partial charge in [0, 0.05) is 42.0 Å². The number of ether oxygens (including phenoxy) is 2. The van der Waals surface area contributed by atoms with Gasteiger partial charge in [-0.1, -0.05) is 85.0 Å². The number of aryl methyl sites for hydroxylation is 1. The molecule has 3 N–H and O–H groups in total. The minimum absolute atomic E-state index is 0.133. The molecule has 2 amide bonds. The molecule has 1 fully saturated rings. The Balaban J connectivity index is 1.25. The van der Waals surface area contributed by atoms with E-state index in [0.717, 1.165) is 22.1 Å². The van der Waals surface area contributed by atoms with Gasteiger partial charge in [-0.2, -0.15) is 0 Å². The van der Waals surface area contributed by atoms with Crippen LogP contribution in [-0.4, -0.2) is 75.9 Å². The number of non-ortho nitro benzene ring substituents is 1. The van der Waals surface area contributed by atoms with Crippen LogP contribution in [0.3, 0.4) is 0 Å². The summed E-state index contributed by atoms with van der Waals surface area (Å²) in [5.74, 6) is -0.851. The molecule has 5 aromatic rings. The van der Waals surface area contributed by atoms with E-state index in [1.54, 1.807) is 47.0 Å². The van der Waals surface area contributed by atoms with E-state index in [-0.39, 0.29) is 36.2 Å². The van der Waals surface area contributed by atoms with Gasteiger partial charge in [0.2, 0.25) is 0 Å². The number of aliphatic hydroxyl groups excluding tert-OH is 2. The SMILES string of the molecule is COc1ccc([Si](C)(C)[C@H]2[C@H](CCn3cc(C(CO)c4ccccc4)nn3)O[C@@]3(C(=O)N(Cc4ccc(NC(=O)[C@H](C)O)cc4)c4ccc([N+](=O)[O-])cc43)[C@@H]2C)cc1. The summed E-state index contributed by atoms with van der Waals surface area (Å²) in [6.45, 7) is 8.39. The van der Waals surface area contributed by atoms with Crippen LogP contribution in [-0.2, 0) is 33.0 Å². The van der Waals surface area contributed by atoms with Crippen molar-refractivity contribution in [3.63, 3.8) is 0 Å². The predicted octanol–water partition coefficient (Wildman–Crippen LogP) is 5.49. The van der Waals surface area contributed by atoms with Gasteiger partial charge in [-0.3, -0.25) is 24.4 Å². The summed E-state index contributed by atoms with van der Waals surface area (Å²) in [5.41, 5.74) is 2.01. The lowest BCUT2D eigenvalue weighted by atomic mass is 9.82. The van der Waals surface area contributed by atoms with Crippen LogP contribution in [0.2, 0.25) is 18.6 Å². The highest BCUT2D eigenvalue weighted by Crippen LogP contribution is 2.60. The van der Waals surface area contributed by atoms with Crippen molar-refractivity contribution < 1.29 is 34.2 Å². The number of hydrogen-bond donors (Lipinski definition) is 3. The minimum atomic E-state index is -2.53. The van der Waals surface area contributed by atoms with Crippen molar-refractivity contribution in [1.82, 2.24) is 15.0 Å². The first-order valence-corrected chi connectivity index (χ1v) is 22.4. The van der Waals surface area contributed by atoms with Crippen LogP contribution in [0.4, 0.5) is 17.1 Å². The van der Waals surface area contributed by atoms with Crippen LogP contribution >= 0.6 is 0 Å². The number of nitrogens with one attached hydrogen (secondary N) is 1. The molecule has 2 aliphatic heterocycles. The highest BCUT2D eigenvalue weighted by molar-refractivity contribution is 6.91. The van der Waals surface area contributed by atoms with Gasteiger partial charge in [0.15, 0.2) is 5.60 Å². The quantitative estimate of drug-likeness (QED) is 0.0738. The lowest BCUT2D eigenvalue weighted by Crippen LogP contribution is -2.51. The molecule has 1 spiro atoms. The number of benzene rings is 4. The Morgan fingerprint density at radius 2 is 1.78 bits per heavy atom. The number of anilines is 2. The molecule has 1 saturated heterocycles. The maximum atomic E-state index is 15.2. The monoisotopic (exact) mass is 804 g/mol. The molecule has 0 radical (unpaired) electrons. The Labute approximate surface area is 337 Å². The minimum Gasteiger partial charge on any atom is -0.497 e. The fourth-order valence-electron chi connectivity index (χ4n) is 8.86. The summed E-state index contributed by atoms with van der Waals surface area (Å²) in [7, 11) is -0.903. The molecule has 4 aromatic carbocycles. The van der Waals surface area contributed by atoms with E-state index in [2.05, 4.69) is 40.9 Å². The molecule has 15 heteroatoms. The summed E-state index contributed by atoms with van der Waals surface area (Å²) in [5, 5.41) is 44.8. The highest BCUT2D eigenvalue weighted by atomic mass is 28.3. The predicted molar refractivity (Wildman–Crippen MR) is 221 cm³/mol. The van der Waals surface area contributed by atoms with Crippen LogP contribution in [0, 0.1) is 16.0 Å².